The second-order valence-electron chi connectivity index (χ2n) is 3.87. The number of carbonyl (C=O) groups is 1. The molecule has 15 heavy (non-hydrogen) atoms. The van der Waals surface area contributed by atoms with Crippen molar-refractivity contribution in [1.82, 2.24) is 0 Å². The Bertz CT molecular complexity index is 200. The van der Waals surface area contributed by atoms with Gasteiger partial charge < -0.3 is 4.43 Å². The zero-order valence-electron chi connectivity index (χ0n) is 10.3. The summed E-state index contributed by atoms with van der Waals surface area (Å²) in [5, 5.41) is 0. The molecular formula is C12H24O2Si. The van der Waals surface area contributed by atoms with Gasteiger partial charge in [-0.05, 0) is 19.4 Å². The van der Waals surface area contributed by atoms with E-state index in [0.717, 1.165) is 24.5 Å². The van der Waals surface area contributed by atoms with E-state index in [4.69, 9.17) is 4.43 Å². The fourth-order valence-electron chi connectivity index (χ4n) is 1.25. The third kappa shape index (κ3) is 8.42. The summed E-state index contributed by atoms with van der Waals surface area (Å²) in [6.45, 7) is 6.14. The third-order valence-corrected chi connectivity index (χ3v) is 3.55. The van der Waals surface area contributed by atoms with Gasteiger partial charge in [0.1, 0.15) is 0 Å². The number of unbranched alkanes of at least 4 members (excludes halogenated alkanes) is 3. The first-order valence-electron chi connectivity index (χ1n) is 6.06. The lowest BCUT2D eigenvalue weighted by molar-refractivity contribution is -0.130. The summed E-state index contributed by atoms with van der Waals surface area (Å²) in [6, 6.07) is 1.13. The third-order valence-electron chi connectivity index (χ3n) is 2.29. The van der Waals surface area contributed by atoms with Crippen LogP contribution < -0.4 is 0 Å². The lowest BCUT2D eigenvalue weighted by atomic mass is 10.2. The summed E-state index contributed by atoms with van der Waals surface area (Å²) >= 11 is 0. The Morgan fingerprint density at radius 2 is 2.00 bits per heavy atom. The number of hydrogen-bond acceptors (Lipinski definition) is 2. The highest BCUT2D eigenvalue weighted by molar-refractivity contribution is 6.31. The van der Waals surface area contributed by atoms with Crippen LogP contribution in [0.2, 0.25) is 6.04 Å². The Labute approximate surface area is 96.0 Å². The molecule has 0 radical (unpaired) electrons. The highest BCUT2D eigenvalue weighted by atomic mass is 28.2. The van der Waals surface area contributed by atoms with Crippen LogP contribution in [0.25, 0.3) is 0 Å². The van der Waals surface area contributed by atoms with E-state index >= 15 is 0 Å². The number of carbonyl (C=O) groups excluding carboxylic acids is 1. The molecule has 0 bridgehead atoms. The molecule has 0 aromatic carbocycles. The lowest BCUT2D eigenvalue weighted by Gasteiger charge is -2.04. The van der Waals surface area contributed by atoms with Gasteiger partial charge in [-0.2, -0.15) is 0 Å². The van der Waals surface area contributed by atoms with Crippen molar-refractivity contribution in [2.45, 2.75) is 58.9 Å². The van der Waals surface area contributed by atoms with Gasteiger partial charge in [-0.1, -0.05) is 45.6 Å². The summed E-state index contributed by atoms with van der Waals surface area (Å²) in [7, 11) is -0.613. The zero-order chi connectivity index (χ0) is 11.5. The summed E-state index contributed by atoms with van der Waals surface area (Å²) in [4.78, 5) is 11.4. The fourth-order valence-corrected chi connectivity index (χ4v) is 2.37. The average Bonchev–Trinajstić information content (AvgIpc) is 2.25. The Kier molecular flexibility index (Phi) is 9.58. The quantitative estimate of drug-likeness (QED) is 0.363. The minimum absolute atomic E-state index is 0.0911. The summed E-state index contributed by atoms with van der Waals surface area (Å²) < 4.78 is 5.28. The molecule has 0 aliphatic rings. The molecule has 0 fully saturated rings. The molecule has 0 atom stereocenters. The van der Waals surface area contributed by atoms with E-state index in [1.165, 1.54) is 19.3 Å². The molecule has 0 spiro atoms. The first-order chi connectivity index (χ1) is 7.22. The van der Waals surface area contributed by atoms with E-state index in [2.05, 4.69) is 13.8 Å². The fraction of sp³-hybridized carbons (Fsp3) is 0.750. The summed E-state index contributed by atoms with van der Waals surface area (Å²) in [6.07, 6.45) is 7.74. The van der Waals surface area contributed by atoms with Crippen molar-refractivity contribution in [3.63, 3.8) is 0 Å². The van der Waals surface area contributed by atoms with Crippen molar-refractivity contribution in [2.75, 3.05) is 0 Å². The molecule has 0 N–H and O–H groups in total. The van der Waals surface area contributed by atoms with Crippen LogP contribution in [0.3, 0.4) is 0 Å². The van der Waals surface area contributed by atoms with E-state index in [-0.39, 0.29) is 5.97 Å². The summed E-state index contributed by atoms with van der Waals surface area (Å²) in [5.74, 6) is -0.0911. The van der Waals surface area contributed by atoms with Gasteiger partial charge in [0.25, 0.3) is 0 Å². The SMILES string of the molecule is CCCC=C(C)C(=O)O[SiH2]CCCCC. The van der Waals surface area contributed by atoms with Gasteiger partial charge in [0.15, 0.2) is 0 Å². The second-order valence-corrected chi connectivity index (χ2v) is 5.28. The monoisotopic (exact) mass is 228 g/mol. The van der Waals surface area contributed by atoms with Crippen LogP contribution in [0.15, 0.2) is 11.6 Å². The van der Waals surface area contributed by atoms with Gasteiger partial charge in [0.05, 0.1) is 0 Å². The Morgan fingerprint density at radius 3 is 2.60 bits per heavy atom. The molecule has 0 aromatic rings. The molecular weight excluding hydrogens is 204 g/mol. The number of allylic oxidation sites excluding steroid dienone is 1. The minimum Gasteiger partial charge on any atom is -0.522 e. The largest absolute Gasteiger partial charge is 0.522 e. The molecule has 0 aromatic heterocycles. The molecule has 88 valence electrons. The molecule has 3 heteroatoms. The van der Waals surface area contributed by atoms with Crippen LogP contribution in [0, 0.1) is 0 Å². The summed E-state index contributed by atoms with van der Waals surface area (Å²) in [5.41, 5.74) is 0.778. The first kappa shape index (κ1) is 14.4. The van der Waals surface area contributed by atoms with Gasteiger partial charge in [-0.15, -0.1) is 0 Å². The van der Waals surface area contributed by atoms with Crippen LogP contribution in [0.5, 0.6) is 0 Å². The van der Waals surface area contributed by atoms with E-state index in [0.29, 0.717) is 0 Å². The molecule has 0 unspecified atom stereocenters. The smallest absolute Gasteiger partial charge is 0.319 e. The van der Waals surface area contributed by atoms with Crippen molar-refractivity contribution < 1.29 is 9.22 Å². The van der Waals surface area contributed by atoms with E-state index in [9.17, 15) is 4.79 Å². The standard InChI is InChI=1S/C12H24O2Si/c1-4-6-8-10-15-14-12(13)11(3)9-7-5-2/h9H,4-8,10,15H2,1-3H3. The van der Waals surface area contributed by atoms with Crippen LogP contribution in [0.1, 0.15) is 52.9 Å². The Morgan fingerprint density at radius 1 is 1.27 bits per heavy atom. The number of rotatable bonds is 8. The average molecular weight is 228 g/mol. The Hall–Kier alpha value is -0.573. The molecule has 0 aliphatic carbocycles. The van der Waals surface area contributed by atoms with Crippen molar-refractivity contribution in [1.29, 1.82) is 0 Å². The predicted octanol–water partition coefficient (Wildman–Crippen LogP) is 2.97. The van der Waals surface area contributed by atoms with Gasteiger partial charge in [-0.3, -0.25) is 0 Å². The van der Waals surface area contributed by atoms with Crippen LogP contribution >= 0.6 is 0 Å². The van der Waals surface area contributed by atoms with Crippen LogP contribution in [-0.4, -0.2) is 15.7 Å². The van der Waals surface area contributed by atoms with Crippen molar-refractivity contribution in [3.8, 4) is 0 Å². The van der Waals surface area contributed by atoms with E-state index < -0.39 is 9.76 Å². The predicted molar refractivity (Wildman–Crippen MR) is 67.6 cm³/mol. The minimum atomic E-state index is -0.613. The maximum atomic E-state index is 11.4. The Balaban J connectivity index is 3.55. The zero-order valence-corrected chi connectivity index (χ0v) is 11.8. The van der Waals surface area contributed by atoms with E-state index in [1.54, 1.807) is 0 Å². The van der Waals surface area contributed by atoms with Gasteiger partial charge in [0.2, 0.25) is 9.76 Å². The lowest BCUT2D eigenvalue weighted by Crippen LogP contribution is -2.09. The molecule has 0 amide bonds. The highest BCUT2D eigenvalue weighted by Gasteiger charge is 2.03. The molecule has 0 saturated carbocycles. The maximum absolute atomic E-state index is 11.4. The molecule has 0 aliphatic heterocycles. The molecule has 0 rings (SSSR count). The van der Waals surface area contributed by atoms with Gasteiger partial charge in [-0.25, -0.2) is 4.79 Å². The molecule has 0 heterocycles. The van der Waals surface area contributed by atoms with Crippen LogP contribution in [-0.2, 0) is 9.22 Å². The topological polar surface area (TPSA) is 26.3 Å². The number of hydrogen-bond donors (Lipinski definition) is 0. The van der Waals surface area contributed by atoms with Gasteiger partial charge >= 0.3 is 5.97 Å². The van der Waals surface area contributed by atoms with Crippen LogP contribution in [0.4, 0.5) is 0 Å². The van der Waals surface area contributed by atoms with Crippen molar-refractivity contribution >= 4 is 15.7 Å². The van der Waals surface area contributed by atoms with Crippen molar-refractivity contribution in [3.05, 3.63) is 11.6 Å². The van der Waals surface area contributed by atoms with Crippen molar-refractivity contribution in [2.24, 2.45) is 0 Å². The first-order valence-corrected chi connectivity index (χ1v) is 7.64. The molecule has 0 saturated heterocycles. The highest BCUT2D eigenvalue weighted by Crippen LogP contribution is 2.03. The van der Waals surface area contributed by atoms with E-state index in [1.807, 2.05) is 13.0 Å². The second kappa shape index (κ2) is 9.96. The molecule has 2 nitrogen and oxygen atoms in total. The maximum Gasteiger partial charge on any atom is 0.319 e. The normalized spacial score (nSPS) is 12.3. The van der Waals surface area contributed by atoms with Gasteiger partial charge in [0, 0.05) is 5.57 Å².